The monoisotopic (exact) mass is 270 g/mol. The molecule has 0 atom stereocenters. The molecule has 0 aliphatic heterocycles. The van der Waals surface area contributed by atoms with Crippen LogP contribution < -0.4 is 5.32 Å². The second-order valence-corrected chi connectivity index (χ2v) is 3.94. The van der Waals surface area contributed by atoms with Crippen molar-refractivity contribution in [1.82, 2.24) is 5.32 Å². The minimum absolute atomic E-state index is 0.104. The average molecular weight is 271 g/mol. The van der Waals surface area contributed by atoms with Gasteiger partial charge in [-0.2, -0.15) is 0 Å². The van der Waals surface area contributed by atoms with Crippen LogP contribution >= 0.6 is 11.6 Å². The number of hydrogen-bond donors (Lipinski definition) is 1. The highest BCUT2D eigenvalue weighted by Crippen LogP contribution is 2.19. The van der Waals surface area contributed by atoms with E-state index in [-0.39, 0.29) is 22.9 Å². The molecular weight excluding hydrogens is 259 g/mol. The van der Waals surface area contributed by atoms with Gasteiger partial charge in [-0.3, -0.25) is 4.79 Å². The smallest absolute Gasteiger partial charge is 0.224 e. The second kappa shape index (κ2) is 7.53. The molecule has 0 aliphatic carbocycles. The topological polar surface area (TPSA) is 77.9 Å². The molecule has 0 heterocycles. The standard InChI is InChI=1S/C11H12ClFN4O/c12-9-3-1-4-10(13)8(9)7-11(18)15-5-2-6-16-17-14/h1,3-4H,2,5-7H2,(H,15,18). The van der Waals surface area contributed by atoms with E-state index < -0.39 is 5.82 Å². The predicted molar refractivity (Wildman–Crippen MR) is 66.8 cm³/mol. The Morgan fingerprint density at radius 3 is 3.00 bits per heavy atom. The Morgan fingerprint density at radius 1 is 1.56 bits per heavy atom. The van der Waals surface area contributed by atoms with Crippen LogP contribution in [0.25, 0.3) is 10.4 Å². The van der Waals surface area contributed by atoms with Gasteiger partial charge in [0.05, 0.1) is 6.42 Å². The minimum atomic E-state index is -0.494. The summed E-state index contributed by atoms with van der Waals surface area (Å²) in [5, 5.41) is 6.16. The molecule has 96 valence electrons. The van der Waals surface area contributed by atoms with E-state index in [2.05, 4.69) is 15.3 Å². The van der Waals surface area contributed by atoms with Gasteiger partial charge in [-0.15, -0.1) is 0 Å². The lowest BCUT2D eigenvalue weighted by molar-refractivity contribution is -0.120. The maximum atomic E-state index is 13.4. The lowest BCUT2D eigenvalue weighted by Crippen LogP contribution is -2.26. The van der Waals surface area contributed by atoms with Crippen molar-refractivity contribution >= 4 is 17.5 Å². The van der Waals surface area contributed by atoms with Crippen molar-refractivity contribution in [2.24, 2.45) is 5.11 Å². The van der Waals surface area contributed by atoms with Gasteiger partial charge in [0.25, 0.3) is 0 Å². The number of nitrogens with zero attached hydrogens (tertiary/aromatic N) is 3. The van der Waals surface area contributed by atoms with Crippen LogP contribution in [0, 0.1) is 5.82 Å². The van der Waals surface area contributed by atoms with Gasteiger partial charge in [0.2, 0.25) is 5.91 Å². The molecule has 1 amide bonds. The molecule has 1 rings (SSSR count). The van der Waals surface area contributed by atoms with E-state index in [9.17, 15) is 9.18 Å². The molecule has 0 unspecified atom stereocenters. The van der Waals surface area contributed by atoms with Gasteiger partial charge in [-0.25, -0.2) is 4.39 Å². The second-order valence-electron chi connectivity index (χ2n) is 3.53. The summed E-state index contributed by atoms with van der Waals surface area (Å²) >= 11 is 5.80. The zero-order valence-corrected chi connectivity index (χ0v) is 10.3. The maximum Gasteiger partial charge on any atom is 0.224 e. The average Bonchev–Trinajstić information content (AvgIpc) is 2.34. The molecule has 0 spiro atoms. The van der Waals surface area contributed by atoms with Gasteiger partial charge in [0.1, 0.15) is 5.82 Å². The van der Waals surface area contributed by atoms with Crippen LogP contribution in [0.5, 0.6) is 0 Å². The predicted octanol–water partition coefficient (Wildman–Crippen LogP) is 2.84. The number of azide groups is 1. The van der Waals surface area contributed by atoms with Crippen LogP contribution in [0.2, 0.25) is 5.02 Å². The first-order valence-corrected chi connectivity index (χ1v) is 5.73. The van der Waals surface area contributed by atoms with Crippen LogP contribution in [0.1, 0.15) is 12.0 Å². The molecule has 18 heavy (non-hydrogen) atoms. The fourth-order valence-corrected chi connectivity index (χ4v) is 1.58. The van der Waals surface area contributed by atoms with E-state index in [0.29, 0.717) is 19.5 Å². The Labute approximate surface area is 109 Å². The molecular formula is C11H12ClFN4O. The number of amides is 1. The van der Waals surface area contributed by atoms with Crippen molar-refractivity contribution in [3.63, 3.8) is 0 Å². The van der Waals surface area contributed by atoms with Gasteiger partial charge in [-0.1, -0.05) is 22.8 Å². The summed E-state index contributed by atoms with van der Waals surface area (Å²) in [6.07, 6.45) is 0.438. The van der Waals surface area contributed by atoms with Crippen LogP contribution in [-0.2, 0) is 11.2 Å². The number of halogens is 2. The first kappa shape index (κ1) is 14.3. The van der Waals surface area contributed by atoms with E-state index >= 15 is 0 Å². The third-order valence-corrected chi connectivity index (χ3v) is 2.57. The summed E-state index contributed by atoms with van der Waals surface area (Å²) in [5.74, 6) is -0.810. The highest BCUT2D eigenvalue weighted by Gasteiger charge is 2.11. The van der Waals surface area contributed by atoms with Gasteiger partial charge < -0.3 is 5.32 Å². The van der Waals surface area contributed by atoms with Crippen LogP contribution in [0.15, 0.2) is 23.3 Å². The van der Waals surface area contributed by atoms with Crippen molar-refractivity contribution in [2.75, 3.05) is 13.1 Å². The van der Waals surface area contributed by atoms with E-state index in [1.165, 1.54) is 18.2 Å². The van der Waals surface area contributed by atoms with Crippen LogP contribution in [-0.4, -0.2) is 19.0 Å². The van der Waals surface area contributed by atoms with Crippen molar-refractivity contribution in [1.29, 1.82) is 0 Å². The molecule has 0 radical (unpaired) electrons. The number of carbonyl (C=O) groups is 1. The van der Waals surface area contributed by atoms with E-state index in [1.54, 1.807) is 0 Å². The lowest BCUT2D eigenvalue weighted by Gasteiger charge is -2.06. The summed E-state index contributed by atoms with van der Waals surface area (Å²) in [6.45, 7) is 0.696. The Bertz CT molecular complexity index is 454. The molecule has 0 aliphatic rings. The fraction of sp³-hybridized carbons (Fsp3) is 0.364. The van der Waals surface area contributed by atoms with Crippen molar-refractivity contribution in [3.05, 3.63) is 45.0 Å². The quantitative estimate of drug-likeness (QED) is 0.367. The molecule has 0 fully saturated rings. The first-order chi connectivity index (χ1) is 8.65. The minimum Gasteiger partial charge on any atom is -0.356 e. The Hall–Kier alpha value is -1.78. The fourth-order valence-electron chi connectivity index (χ4n) is 1.35. The number of benzene rings is 1. The molecule has 1 aromatic rings. The Balaban J connectivity index is 2.42. The maximum absolute atomic E-state index is 13.4. The highest BCUT2D eigenvalue weighted by molar-refractivity contribution is 6.31. The molecule has 1 N–H and O–H groups in total. The van der Waals surface area contributed by atoms with Crippen molar-refractivity contribution < 1.29 is 9.18 Å². The van der Waals surface area contributed by atoms with Gasteiger partial charge in [0, 0.05) is 28.6 Å². The van der Waals surface area contributed by atoms with E-state index in [4.69, 9.17) is 17.1 Å². The van der Waals surface area contributed by atoms with Crippen LogP contribution in [0.3, 0.4) is 0 Å². The number of nitrogens with one attached hydrogen (secondary N) is 1. The third-order valence-electron chi connectivity index (χ3n) is 2.22. The molecule has 5 nitrogen and oxygen atoms in total. The van der Waals surface area contributed by atoms with E-state index in [1.807, 2.05) is 0 Å². The zero-order valence-electron chi connectivity index (χ0n) is 9.57. The lowest BCUT2D eigenvalue weighted by atomic mass is 10.1. The highest BCUT2D eigenvalue weighted by atomic mass is 35.5. The zero-order chi connectivity index (χ0) is 13.4. The summed E-state index contributed by atoms with van der Waals surface area (Å²) < 4.78 is 13.4. The molecule has 0 saturated carbocycles. The SMILES string of the molecule is [N-]=[N+]=NCCCNC(=O)Cc1c(F)cccc1Cl. The van der Waals surface area contributed by atoms with Gasteiger partial charge in [-0.05, 0) is 24.1 Å². The summed E-state index contributed by atoms with van der Waals surface area (Å²) in [4.78, 5) is 14.1. The number of carbonyl (C=O) groups excluding carboxylic acids is 1. The van der Waals surface area contributed by atoms with Gasteiger partial charge >= 0.3 is 0 Å². The summed E-state index contributed by atoms with van der Waals surface area (Å²) in [6, 6.07) is 4.28. The van der Waals surface area contributed by atoms with Crippen molar-refractivity contribution in [3.8, 4) is 0 Å². The molecule has 0 aromatic heterocycles. The number of rotatable bonds is 6. The third kappa shape index (κ3) is 4.61. The molecule has 0 saturated heterocycles. The summed E-state index contributed by atoms with van der Waals surface area (Å²) in [5.41, 5.74) is 8.23. The Morgan fingerprint density at radius 2 is 2.33 bits per heavy atom. The van der Waals surface area contributed by atoms with Gasteiger partial charge in [0.15, 0.2) is 0 Å². The number of hydrogen-bond acceptors (Lipinski definition) is 2. The van der Waals surface area contributed by atoms with Crippen LogP contribution in [0.4, 0.5) is 4.39 Å². The van der Waals surface area contributed by atoms with E-state index in [0.717, 1.165) is 0 Å². The summed E-state index contributed by atoms with van der Waals surface area (Å²) in [7, 11) is 0. The first-order valence-electron chi connectivity index (χ1n) is 5.35. The normalized spacial score (nSPS) is 9.67. The molecule has 7 heteroatoms. The molecule has 0 bridgehead atoms. The Kier molecular flexibility index (Phi) is 5.97. The van der Waals surface area contributed by atoms with Crippen molar-refractivity contribution in [2.45, 2.75) is 12.8 Å². The largest absolute Gasteiger partial charge is 0.356 e. The molecule has 1 aromatic carbocycles.